The second kappa shape index (κ2) is 8.70. The predicted octanol–water partition coefficient (Wildman–Crippen LogP) is -2.97. The molecule has 0 aliphatic heterocycles. The van der Waals surface area contributed by atoms with Gasteiger partial charge in [0, 0.05) is 0 Å². The Kier molecular flexibility index (Phi) is 7.52. The van der Waals surface area contributed by atoms with E-state index in [0.29, 0.717) is 28.5 Å². The van der Waals surface area contributed by atoms with Crippen LogP contribution in [0, 0.1) is 10.2 Å². The zero-order valence-electron chi connectivity index (χ0n) is 14.2. The summed E-state index contributed by atoms with van der Waals surface area (Å²) in [6.07, 6.45) is 6.32. The lowest BCUT2D eigenvalue weighted by molar-refractivity contribution is -2.00. The summed E-state index contributed by atoms with van der Waals surface area (Å²) in [5, 5.41) is 0. The molecule has 0 aromatic carbocycles. The average molecular weight is 367 g/mol. The Morgan fingerprint density at radius 3 is 1.67 bits per heavy atom. The minimum Gasteiger partial charge on any atom is -0.466 e. The monoisotopic (exact) mass is 366 g/mol. The van der Waals surface area contributed by atoms with Crippen molar-refractivity contribution >= 4 is 5.95 Å². The van der Waals surface area contributed by atoms with Crippen LogP contribution in [-0.4, -0.2) is 49.3 Å². The van der Waals surface area contributed by atoms with Crippen LogP contribution >= 0.6 is 0 Å². The summed E-state index contributed by atoms with van der Waals surface area (Å²) in [4.78, 5) is 12.8. The Hall–Kier alpha value is -1.30. The minimum absolute atomic E-state index is 0.309. The van der Waals surface area contributed by atoms with E-state index in [1.807, 2.05) is 0 Å². The number of halogens is 1. The Labute approximate surface area is 143 Å². The van der Waals surface area contributed by atoms with E-state index in [0.717, 1.165) is 0 Å². The molecule has 0 unspecified atom stereocenters. The summed E-state index contributed by atoms with van der Waals surface area (Å²) in [5.74, 6) is 0.704. The van der Waals surface area contributed by atoms with Gasteiger partial charge in [0.1, 0.15) is 0 Å². The molecule has 0 saturated heterocycles. The molecular weight excluding hydrogens is 344 g/mol. The Morgan fingerprint density at radius 1 is 0.875 bits per heavy atom. The molecule has 2 rings (SSSR count). The maximum Gasteiger partial charge on any atom is 0.338 e. The van der Waals surface area contributed by atoms with Gasteiger partial charge in [0.25, 0.3) is 0 Å². The third-order valence-electron chi connectivity index (χ3n) is 3.95. The van der Waals surface area contributed by atoms with Crippen molar-refractivity contribution in [2.75, 3.05) is 28.3 Å². The van der Waals surface area contributed by atoms with Gasteiger partial charge in [-0.1, -0.05) is 6.42 Å². The van der Waals surface area contributed by atoms with Crippen LogP contribution in [0.3, 0.4) is 0 Å². The number of ether oxygens (including phenoxy) is 2. The SMILES string of the molecule is COc1nc(OC)nc([N+](C)(C)C2CCCCC2)n1.[O-][Cl+3]([O-])([O-])[O-]. The van der Waals surface area contributed by atoms with Gasteiger partial charge in [-0.2, -0.15) is 0 Å². The highest BCUT2D eigenvalue weighted by Crippen LogP contribution is 2.30. The van der Waals surface area contributed by atoms with Crippen LogP contribution in [0.5, 0.6) is 12.0 Å². The molecule has 0 amide bonds. The van der Waals surface area contributed by atoms with E-state index in [4.69, 9.17) is 28.1 Å². The summed E-state index contributed by atoms with van der Waals surface area (Å²) in [6, 6.07) is 1.17. The van der Waals surface area contributed by atoms with Gasteiger partial charge in [-0.15, -0.1) is 25.2 Å². The van der Waals surface area contributed by atoms with E-state index in [1.54, 1.807) is 14.2 Å². The van der Waals surface area contributed by atoms with Gasteiger partial charge in [-0.3, -0.25) is 4.48 Å². The first kappa shape index (κ1) is 20.7. The summed E-state index contributed by atoms with van der Waals surface area (Å²) in [6.45, 7) is 0. The largest absolute Gasteiger partial charge is 0.466 e. The van der Waals surface area contributed by atoms with Crippen LogP contribution in [0.1, 0.15) is 32.1 Å². The fraction of sp³-hybridized carbons (Fsp3) is 0.769. The number of hydrogen-bond acceptors (Lipinski definition) is 9. The van der Waals surface area contributed by atoms with Gasteiger partial charge in [0.05, 0.1) is 34.4 Å². The third-order valence-corrected chi connectivity index (χ3v) is 3.95. The lowest BCUT2D eigenvalue weighted by Gasteiger charge is -2.37. The van der Waals surface area contributed by atoms with E-state index < -0.39 is 10.2 Å². The normalized spacial score (nSPS) is 16.2. The first-order valence-electron chi connectivity index (χ1n) is 7.38. The highest BCUT2D eigenvalue weighted by Gasteiger charge is 2.35. The first-order valence-corrected chi connectivity index (χ1v) is 8.61. The summed E-state index contributed by atoms with van der Waals surface area (Å²) in [7, 11) is 2.45. The summed E-state index contributed by atoms with van der Waals surface area (Å²) in [5.41, 5.74) is 0. The minimum atomic E-state index is -4.94. The smallest absolute Gasteiger partial charge is 0.338 e. The second-order valence-corrected chi connectivity index (χ2v) is 6.57. The molecule has 1 aromatic heterocycles. The van der Waals surface area contributed by atoms with Crippen LogP contribution in [0.15, 0.2) is 0 Å². The first-order chi connectivity index (χ1) is 11.1. The zero-order chi connectivity index (χ0) is 18.4. The van der Waals surface area contributed by atoms with E-state index in [9.17, 15) is 0 Å². The molecular formula is C13H23ClN4O6. The van der Waals surface area contributed by atoms with E-state index >= 15 is 0 Å². The number of aromatic nitrogens is 3. The molecule has 0 bridgehead atoms. The van der Waals surface area contributed by atoms with Crippen LogP contribution < -0.4 is 32.6 Å². The molecule has 1 aromatic rings. The van der Waals surface area contributed by atoms with Crippen molar-refractivity contribution in [3.8, 4) is 12.0 Å². The van der Waals surface area contributed by atoms with E-state index in [-0.39, 0.29) is 0 Å². The average Bonchev–Trinajstić information content (AvgIpc) is 2.53. The molecule has 11 heteroatoms. The van der Waals surface area contributed by atoms with Crippen LogP contribution in [0.2, 0.25) is 0 Å². The van der Waals surface area contributed by atoms with Crippen molar-refractivity contribution in [2.24, 2.45) is 0 Å². The van der Waals surface area contributed by atoms with Gasteiger partial charge in [0.15, 0.2) is 0 Å². The van der Waals surface area contributed by atoms with E-state index in [1.165, 1.54) is 32.1 Å². The summed E-state index contributed by atoms with van der Waals surface area (Å²) >= 11 is 0. The van der Waals surface area contributed by atoms with Crippen molar-refractivity contribution in [3.63, 3.8) is 0 Å². The zero-order valence-corrected chi connectivity index (χ0v) is 15.0. The van der Waals surface area contributed by atoms with Crippen LogP contribution in [0.4, 0.5) is 5.95 Å². The van der Waals surface area contributed by atoms with Gasteiger partial charge < -0.3 is 9.47 Å². The standard InChI is InChI=1S/C13H23N4O2.ClHO4/c1-17(2,10-8-6-5-7-9-10)11-14-12(18-3)16-13(15-11)19-4;2-1(3,4)5/h10H,5-9H2,1-4H3;(H,2,3,4,5)/q+1;/p-1. The Balaban J connectivity index is 0.000000505. The number of hydrogen-bond donors (Lipinski definition) is 0. The molecule has 1 saturated carbocycles. The maximum atomic E-state index is 8.49. The molecule has 1 aliphatic carbocycles. The molecule has 0 radical (unpaired) electrons. The van der Waals surface area contributed by atoms with E-state index in [2.05, 4.69) is 29.0 Å². The Morgan fingerprint density at radius 2 is 1.29 bits per heavy atom. The highest BCUT2D eigenvalue weighted by molar-refractivity contribution is 5.28. The molecule has 1 heterocycles. The van der Waals surface area contributed by atoms with Crippen LogP contribution in [-0.2, 0) is 0 Å². The number of methoxy groups -OCH3 is 2. The molecule has 0 spiro atoms. The number of quaternary nitrogens is 1. The van der Waals surface area contributed by atoms with Gasteiger partial charge in [-0.25, -0.2) is 18.6 Å². The van der Waals surface area contributed by atoms with Crippen molar-refractivity contribution < 1.29 is 38.4 Å². The molecule has 138 valence electrons. The Bertz CT molecular complexity index is 491. The predicted molar refractivity (Wildman–Crippen MR) is 73.4 cm³/mol. The highest BCUT2D eigenvalue weighted by atomic mass is 35.7. The van der Waals surface area contributed by atoms with Crippen molar-refractivity contribution in [1.29, 1.82) is 0 Å². The lowest BCUT2D eigenvalue weighted by Crippen LogP contribution is -2.68. The molecule has 10 nitrogen and oxygen atoms in total. The fourth-order valence-corrected chi connectivity index (χ4v) is 2.66. The van der Waals surface area contributed by atoms with Gasteiger partial charge in [-0.05, 0) is 25.7 Å². The van der Waals surface area contributed by atoms with Gasteiger partial charge >= 0.3 is 18.0 Å². The van der Waals surface area contributed by atoms with Crippen molar-refractivity contribution in [2.45, 2.75) is 38.1 Å². The van der Waals surface area contributed by atoms with Gasteiger partial charge in [0.2, 0.25) is 0 Å². The second-order valence-electron chi connectivity index (χ2n) is 5.82. The van der Waals surface area contributed by atoms with Crippen molar-refractivity contribution in [1.82, 2.24) is 19.4 Å². The molecule has 1 aliphatic rings. The third kappa shape index (κ3) is 6.67. The molecule has 0 N–H and O–H groups in total. The fourth-order valence-electron chi connectivity index (χ4n) is 2.66. The van der Waals surface area contributed by atoms with Crippen LogP contribution in [0.25, 0.3) is 0 Å². The molecule has 24 heavy (non-hydrogen) atoms. The number of nitrogens with zero attached hydrogens (tertiary/aromatic N) is 4. The quantitative estimate of drug-likeness (QED) is 0.509. The number of rotatable bonds is 4. The maximum absolute atomic E-state index is 8.49. The van der Waals surface area contributed by atoms with Crippen molar-refractivity contribution in [3.05, 3.63) is 0 Å². The molecule has 1 fully saturated rings. The topological polar surface area (TPSA) is 149 Å². The summed E-state index contributed by atoms with van der Waals surface area (Å²) < 4.78 is 44.9. The lowest BCUT2D eigenvalue weighted by atomic mass is 9.93. The molecule has 0 atom stereocenters.